The highest BCUT2D eigenvalue weighted by atomic mass is 16.7. The van der Waals surface area contributed by atoms with Gasteiger partial charge in [0.15, 0.2) is 18.1 Å². The molecule has 0 bridgehead atoms. The van der Waals surface area contributed by atoms with Gasteiger partial charge in [0, 0.05) is 19.4 Å². The largest absolute Gasteiger partial charge is 0.454 e. The smallest absolute Gasteiger partial charge is 0.355 e. The summed E-state index contributed by atoms with van der Waals surface area (Å²) in [4.78, 5) is 34.4. The minimum absolute atomic E-state index is 0.0955. The summed E-state index contributed by atoms with van der Waals surface area (Å²) in [7, 11) is 0. The molecule has 1 aromatic rings. The Morgan fingerprint density at radius 2 is 2.08 bits per heavy atom. The summed E-state index contributed by atoms with van der Waals surface area (Å²) >= 11 is 0. The number of rotatable bonds is 5. The second-order valence-corrected chi connectivity index (χ2v) is 5.13. The van der Waals surface area contributed by atoms with Crippen LogP contribution in [0.15, 0.2) is 23.3 Å². The third-order valence-corrected chi connectivity index (χ3v) is 3.40. The van der Waals surface area contributed by atoms with Crippen LogP contribution in [0.25, 0.3) is 0 Å². The summed E-state index contributed by atoms with van der Waals surface area (Å²) in [5, 5.41) is 6.23. The number of hydrogen-bond acceptors (Lipinski definition) is 7. The van der Waals surface area contributed by atoms with E-state index in [2.05, 4.69) is 15.8 Å². The van der Waals surface area contributed by atoms with Crippen molar-refractivity contribution in [1.29, 1.82) is 0 Å². The Labute approximate surface area is 136 Å². The lowest BCUT2D eigenvalue weighted by atomic mass is 10.2. The van der Waals surface area contributed by atoms with E-state index in [9.17, 15) is 14.4 Å². The van der Waals surface area contributed by atoms with Crippen LogP contribution in [-0.2, 0) is 25.7 Å². The molecule has 0 saturated carbocycles. The first kappa shape index (κ1) is 15.8. The molecule has 0 saturated heterocycles. The molecule has 9 nitrogen and oxygen atoms in total. The number of hydrazone groups is 1. The van der Waals surface area contributed by atoms with Crippen molar-refractivity contribution in [3.05, 3.63) is 23.8 Å². The van der Waals surface area contributed by atoms with Crippen molar-refractivity contribution in [1.82, 2.24) is 10.7 Å². The maximum atomic E-state index is 11.7. The Morgan fingerprint density at radius 3 is 2.88 bits per heavy atom. The molecule has 9 heteroatoms. The van der Waals surface area contributed by atoms with Crippen molar-refractivity contribution < 1.29 is 28.6 Å². The lowest BCUT2D eigenvalue weighted by Crippen LogP contribution is -2.33. The lowest BCUT2D eigenvalue weighted by molar-refractivity contribution is -0.142. The number of esters is 1. The van der Waals surface area contributed by atoms with Gasteiger partial charge in [0.25, 0.3) is 5.91 Å². The summed E-state index contributed by atoms with van der Waals surface area (Å²) in [5.74, 6) is -0.118. The molecule has 3 rings (SSSR count). The van der Waals surface area contributed by atoms with Crippen LogP contribution in [0.3, 0.4) is 0 Å². The molecule has 2 heterocycles. The second kappa shape index (κ2) is 6.99. The van der Waals surface area contributed by atoms with Gasteiger partial charge in [0.2, 0.25) is 12.7 Å². The average molecular weight is 333 g/mol. The molecule has 2 amide bonds. The van der Waals surface area contributed by atoms with E-state index in [0.717, 1.165) is 5.56 Å². The maximum absolute atomic E-state index is 11.7. The van der Waals surface area contributed by atoms with Crippen LogP contribution < -0.4 is 20.2 Å². The summed E-state index contributed by atoms with van der Waals surface area (Å²) in [6.45, 7) is 0.0335. The number of fused-ring (bicyclic) bond motifs is 1. The van der Waals surface area contributed by atoms with E-state index in [-0.39, 0.29) is 37.8 Å². The predicted octanol–water partition coefficient (Wildman–Crippen LogP) is -0.159. The third kappa shape index (κ3) is 3.80. The standard InChI is InChI=1S/C15H15N3O6/c19-13-4-2-10(17-18-13)15(21)22-7-14(20)16-6-9-1-3-11-12(5-9)24-8-23-11/h1,3,5H,2,4,6-8H2,(H,16,20)(H,18,19). The summed E-state index contributed by atoms with van der Waals surface area (Å²) in [6, 6.07) is 5.34. The molecule has 0 aliphatic carbocycles. The van der Waals surface area contributed by atoms with E-state index in [4.69, 9.17) is 14.2 Å². The zero-order valence-electron chi connectivity index (χ0n) is 12.7. The highest BCUT2D eigenvalue weighted by Crippen LogP contribution is 2.32. The van der Waals surface area contributed by atoms with Gasteiger partial charge >= 0.3 is 5.97 Å². The van der Waals surface area contributed by atoms with Crippen molar-refractivity contribution in [2.75, 3.05) is 13.4 Å². The molecule has 0 fully saturated rings. The summed E-state index contributed by atoms with van der Waals surface area (Å²) in [5.41, 5.74) is 3.12. The minimum atomic E-state index is -0.715. The number of benzene rings is 1. The molecule has 126 valence electrons. The van der Waals surface area contributed by atoms with Crippen molar-refractivity contribution in [3.8, 4) is 11.5 Å². The first-order valence-corrected chi connectivity index (χ1v) is 7.29. The van der Waals surface area contributed by atoms with Crippen LogP contribution in [0.2, 0.25) is 0 Å². The van der Waals surface area contributed by atoms with Crippen LogP contribution in [0.4, 0.5) is 0 Å². The molecule has 2 N–H and O–H groups in total. The van der Waals surface area contributed by atoms with E-state index in [0.29, 0.717) is 11.5 Å². The van der Waals surface area contributed by atoms with Crippen LogP contribution in [0.1, 0.15) is 18.4 Å². The van der Waals surface area contributed by atoms with E-state index >= 15 is 0 Å². The predicted molar refractivity (Wildman–Crippen MR) is 80.2 cm³/mol. The molecular formula is C15H15N3O6. The van der Waals surface area contributed by atoms with Crippen molar-refractivity contribution >= 4 is 23.5 Å². The number of nitrogens with zero attached hydrogens (tertiary/aromatic N) is 1. The summed E-state index contributed by atoms with van der Waals surface area (Å²) in [6.07, 6.45) is 0.369. The molecule has 0 atom stereocenters. The number of amides is 2. The Bertz CT molecular complexity index is 715. The Hall–Kier alpha value is -3.10. The SMILES string of the molecule is O=C(COC(=O)C1=NNC(=O)CC1)NCc1ccc2c(c1)OCO2. The first-order valence-electron chi connectivity index (χ1n) is 7.29. The van der Waals surface area contributed by atoms with Gasteiger partial charge in [0.05, 0.1) is 0 Å². The van der Waals surface area contributed by atoms with Crippen LogP contribution in [-0.4, -0.2) is 36.9 Å². The maximum Gasteiger partial charge on any atom is 0.355 e. The molecule has 24 heavy (non-hydrogen) atoms. The number of ether oxygens (including phenoxy) is 3. The first-order chi connectivity index (χ1) is 11.6. The molecule has 0 radical (unpaired) electrons. The van der Waals surface area contributed by atoms with Crippen LogP contribution >= 0.6 is 0 Å². The zero-order valence-corrected chi connectivity index (χ0v) is 12.7. The highest BCUT2D eigenvalue weighted by Gasteiger charge is 2.20. The quantitative estimate of drug-likeness (QED) is 0.724. The number of hydrogen-bond donors (Lipinski definition) is 2. The van der Waals surface area contributed by atoms with Gasteiger partial charge in [-0.3, -0.25) is 9.59 Å². The van der Waals surface area contributed by atoms with Crippen molar-refractivity contribution in [3.63, 3.8) is 0 Å². The molecule has 1 aromatic carbocycles. The van der Waals surface area contributed by atoms with Crippen LogP contribution in [0, 0.1) is 0 Å². The Morgan fingerprint density at radius 1 is 1.25 bits per heavy atom. The molecule has 0 aromatic heterocycles. The van der Waals surface area contributed by atoms with Gasteiger partial charge in [-0.25, -0.2) is 10.2 Å². The average Bonchev–Trinajstić information content (AvgIpc) is 3.06. The van der Waals surface area contributed by atoms with Gasteiger partial charge in [-0.1, -0.05) is 6.07 Å². The Kier molecular flexibility index (Phi) is 4.59. The fourth-order valence-corrected chi connectivity index (χ4v) is 2.14. The number of nitrogens with one attached hydrogen (secondary N) is 2. The minimum Gasteiger partial charge on any atom is -0.454 e. The van der Waals surface area contributed by atoms with Gasteiger partial charge in [-0.15, -0.1) is 0 Å². The van der Waals surface area contributed by atoms with Crippen molar-refractivity contribution in [2.45, 2.75) is 19.4 Å². The van der Waals surface area contributed by atoms with Gasteiger partial charge < -0.3 is 19.5 Å². The lowest BCUT2D eigenvalue weighted by Gasteiger charge is -2.11. The van der Waals surface area contributed by atoms with Gasteiger partial charge in [-0.2, -0.15) is 5.10 Å². The molecule has 2 aliphatic heterocycles. The van der Waals surface area contributed by atoms with E-state index in [1.165, 1.54) is 0 Å². The Balaban J connectivity index is 1.43. The third-order valence-electron chi connectivity index (χ3n) is 3.40. The van der Waals surface area contributed by atoms with E-state index in [1.54, 1.807) is 18.2 Å². The molecule has 2 aliphatic rings. The van der Waals surface area contributed by atoms with E-state index < -0.39 is 18.5 Å². The number of carbonyl (C=O) groups is 3. The topological polar surface area (TPSA) is 115 Å². The van der Waals surface area contributed by atoms with Crippen LogP contribution in [0.5, 0.6) is 11.5 Å². The van der Waals surface area contributed by atoms with Gasteiger partial charge in [0.1, 0.15) is 5.71 Å². The normalized spacial score (nSPS) is 15.3. The fourth-order valence-electron chi connectivity index (χ4n) is 2.14. The summed E-state index contributed by atoms with van der Waals surface area (Å²) < 4.78 is 15.3. The monoisotopic (exact) mass is 333 g/mol. The molecular weight excluding hydrogens is 318 g/mol. The van der Waals surface area contributed by atoms with E-state index in [1.807, 2.05) is 0 Å². The molecule has 0 spiro atoms. The highest BCUT2D eigenvalue weighted by molar-refractivity contribution is 6.37. The fraction of sp³-hybridized carbons (Fsp3) is 0.333. The van der Waals surface area contributed by atoms with Crippen molar-refractivity contribution in [2.24, 2.45) is 5.10 Å². The van der Waals surface area contributed by atoms with Gasteiger partial charge in [-0.05, 0) is 17.7 Å². The second-order valence-electron chi connectivity index (χ2n) is 5.13. The zero-order chi connectivity index (χ0) is 16.9. The molecule has 0 unspecified atom stereocenters. The number of carbonyl (C=O) groups excluding carboxylic acids is 3.